The first kappa shape index (κ1) is 20.9. The highest BCUT2D eigenvalue weighted by molar-refractivity contribution is 5.99. The van der Waals surface area contributed by atoms with Gasteiger partial charge in [0.25, 0.3) is 0 Å². The van der Waals surface area contributed by atoms with Gasteiger partial charge in [0, 0.05) is 11.1 Å². The van der Waals surface area contributed by atoms with Gasteiger partial charge >= 0.3 is 5.97 Å². The summed E-state index contributed by atoms with van der Waals surface area (Å²) >= 11 is 0. The van der Waals surface area contributed by atoms with Crippen molar-refractivity contribution in [1.29, 1.82) is 0 Å². The molecule has 0 heterocycles. The fourth-order valence-corrected chi connectivity index (χ4v) is 3.88. The Balaban J connectivity index is 1.62. The maximum Gasteiger partial charge on any atom is 0.338 e. The van der Waals surface area contributed by atoms with Gasteiger partial charge in [-0.2, -0.15) is 0 Å². The third-order valence-corrected chi connectivity index (χ3v) is 5.63. The zero-order valence-electron chi connectivity index (χ0n) is 17.3. The Morgan fingerprint density at radius 1 is 0.897 bits per heavy atom. The van der Waals surface area contributed by atoms with Gasteiger partial charge in [-0.25, -0.2) is 4.79 Å². The minimum absolute atomic E-state index is 0.223. The van der Waals surface area contributed by atoms with Gasteiger partial charge in [-0.05, 0) is 43.4 Å². The van der Waals surface area contributed by atoms with Crippen LogP contribution in [0.3, 0.4) is 0 Å². The van der Waals surface area contributed by atoms with Crippen LogP contribution >= 0.6 is 0 Å². The molecule has 1 aliphatic carbocycles. The molecule has 5 nitrogen and oxygen atoms in total. The van der Waals surface area contributed by atoms with E-state index in [1.165, 1.54) is 51.9 Å². The van der Waals surface area contributed by atoms with Crippen LogP contribution in [0.2, 0.25) is 0 Å². The molecule has 0 unspecified atom stereocenters. The lowest BCUT2D eigenvalue weighted by Gasteiger charge is -2.22. The van der Waals surface area contributed by atoms with Crippen LogP contribution in [0.25, 0.3) is 0 Å². The average Bonchev–Trinajstić information content (AvgIpc) is 2.78. The molecule has 1 fully saturated rings. The van der Waals surface area contributed by atoms with E-state index in [-0.39, 0.29) is 18.0 Å². The molecular formula is C24H28O5. The van der Waals surface area contributed by atoms with Crippen LogP contribution in [-0.2, 0) is 4.74 Å². The highest BCUT2D eigenvalue weighted by Crippen LogP contribution is 2.33. The number of hydrogen-bond acceptors (Lipinski definition) is 5. The Hall–Kier alpha value is -2.82. The highest BCUT2D eigenvalue weighted by Gasteiger charge is 2.18. The van der Waals surface area contributed by atoms with Crippen LogP contribution in [0.5, 0.6) is 11.5 Å². The Morgan fingerprint density at radius 2 is 1.48 bits per heavy atom. The molecule has 0 amide bonds. The van der Waals surface area contributed by atoms with Gasteiger partial charge in [0.2, 0.25) is 0 Å². The maximum atomic E-state index is 12.4. The van der Waals surface area contributed by atoms with Crippen molar-refractivity contribution in [2.24, 2.45) is 0 Å². The van der Waals surface area contributed by atoms with E-state index in [0.29, 0.717) is 23.0 Å². The summed E-state index contributed by atoms with van der Waals surface area (Å²) in [6.45, 7) is 1.54. The van der Waals surface area contributed by atoms with Crippen molar-refractivity contribution < 1.29 is 23.8 Å². The summed E-state index contributed by atoms with van der Waals surface area (Å²) in [5.74, 6) is 0.840. The topological polar surface area (TPSA) is 61.8 Å². The number of hydrogen-bond donors (Lipinski definition) is 0. The second-order valence-corrected chi connectivity index (χ2v) is 7.46. The fourth-order valence-electron chi connectivity index (χ4n) is 3.88. The molecule has 3 rings (SSSR count). The molecule has 2 aromatic rings. The number of benzene rings is 2. The Bertz CT molecular complexity index is 838. The number of esters is 1. The zero-order chi connectivity index (χ0) is 20.8. The van der Waals surface area contributed by atoms with Crippen molar-refractivity contribution in [3.05, 3.63) is 58.7 Å². The largest absolute Gasteiger partial charge is 0.496 e. The van der Waals surface area contributed by atoms with Gasteiger partial charge in [-0.15, -0.1) is 0 Å². The van der Waals surface area contributed by atoms with Crippen LogP contribution in [0.15, 0.2) is 36.4 Å². The predicted octanol–water partition coefficient (Wildman–Crippen LogP) is 5.10. The fraction of sp³-hybridized carbons (Fsp3) is 0.417. The Morgan fingerprint density at radius 3 is 2.03 bits per heavy atom. The van der Waals surface area contributed by atoms with E-state index >= 15 is 0 Å². The minimum atomic E-state index is -0.589. The molecule has 1 aliphatic rings. The quantitative estimate of drug-likeness (QED) is 0.481. The van der Waals surface area contributed by atoms with Crippen molar-refractivity contribution in [2.45, 2.75) is 44.9 Å². The number of carbonyl (C=O) groups is 2. The summed E-state index contributed by atoms with van der Waals surface area (Å²) in [5, 5.41) is 0. The molecule has 0 aliphatic heterocycles. The number of rotatable bonds is 7. The second kappa shape index (κ2) is 9.59. The number of methoxy groups -OCH3 is 2. The van der Waals surface area contributed by atoms with Crippen LogP contribution < -0.4 is 9.47 Å². The summed E-state index contributed by atoms with van der Waals surface area (Å²) in [5.41, 5.74) is 2.92. The van der Waals surface area contributed by atoms with E-state index < -0.39 is 5.97 Å². The predicted molar refractivity (Wildman–Crippen MR) is 111 cm³/mol. The highest BCUT2D eigenvalue weighted by atomic mass is 16.5. The lowest BCUT2D eigenvalue weighted by Crippen LogP contribution is -2.15. The molecular weight excluding hydrogens is 368 g/mol. The smallest absolute Gasteiger partial charge is 0.338 e. The maximum absolute atomic E-state index is 12.4. The van der Waals surface area contributed by atoms with Gasteiger partial charge in [0.05, 0.1) is 19.8 Å². The standard InChI is InChI=1S/C24H28O5/c1-16-22(27-2)13-20(14-23(16)28-3)24(26)29-15-21(25)19-11-9-18(10-12-19)17-7-5-4-6-8-17/h9-14,17H,4-8,15H2,1-3H3. The van der Waals surface area contributed by atoms with Crippen molar-refractivity contribution in [1.82, 2.24) is 0 Å². The van der Waals surface area contributed by atoms with E-state index in [9.17, 15) is 9.59 Å². The second-order valence-electron chi connectivity index (χ2n) is 7.46. The lowest BCUT2D eigenvalue weighted by molar-refractivity contribution is 0.0474. The van der Waals surface area contributed by atoms with Gasteiger partial charge in [0.15, 0.2) is 12.4 Å². The summed E-state index contributed by atoms with van der Waals surface area (Å²) < 4.78 is 15.8. The lowest BCUT2D eigenvalue weighted by atomic mass is 9.84. The molecule has 5 heteroatoms. The number of carbonyl (C=O) groups excluding carboxylic acids is 2. The van der Waals surface area contributed by atoms with Gasteiger partial charge in [-0.3, -0.25) is 4.79 Å². The monoisotopic (exact) mass is 396 g/mol. The minimum Gasteiger partial charge on any atom is -0.496 e. The Labute approximate surface area is 172 Å². The summed E-state index contributed by atoms with van der Waals surface area (Å²) in [4.78, 5) is 24.8. The van der Waals surface area contributed by atoms with Crippen molar-refractivity contribution in [3.8, 4) is 11.5 Å². The van der Waals surface area contributed by atoms with Gasteiger partial charge in [-0.1, -0.05) is 43.5 Å². The number of ketones is 1. The number of ether oxygens (including phenoxy) is 3. The van der Waals surface area contributed by atoms with Crippen molar-refractivity contribution >= 4 is 11.8 Å². The van der Waals surface area contributed by atoms with E-state index in [1.807, 2.05) is 31.2 Å². The Kier molecular flexibility index (Phi) is 6.91. The third kappa shape index (κ3) is 4.97. The molecule has 1 saturated carbocycles. The molecule has 0 radical (unpaired) electrons. The molecule has 0 N–H and O–H groups in total. The first-order chi connectivity index (χ1) is 14.0. The zero-order valence-corrected chi connectivity index (χ0v) is 17.3. The van der Waals surface area contributed by atoms with Crippen LogP contribution in [0.1, 0.15) is 69.9 Å². The number of Topliss-reactive ketones (excluding diaryl/α,β-unsaturated/α-hetero) is 1. The molecule has 2 aromatic carbocycles. The van der Waals surface area contributed by atoms with Crippen molar-refractivity contribution in [3.63, 3.8) is 0 Å². The molecule has 0 bridgehead atoms. The normalized spacial score (nSPS) is 14.3. The molecule has 0 saturated heterocycles. The summed E-state index contributed by atoms with van der Waals surface area (Å²) in [7, 11) is 3.05. The van der Waals surface area contributed by atoms with Crippen LogP contribution in [-0.4, -0.2) is 32.6 Å². The molecule has 154 valence electrons. The van der Waals surface area contributed by atoms with Crippen molar-refractivity contribution in [2.75, 3.05) is 20.8 Å². The van der Waals surface area contributed by atoms with E-state index in [1.54, 1.807) is 12.1 Å². The first-order valence-electron chi connectivity index (χ1n) is 10.1. The SMILES string of the molecule is COc1cc(C(=O)OCC(=O)c2ccc(C3CCCCC3)cc2)cc(OC)c1C. The first-order valence-corrected chi connectivity index (χ1v) is 10.1. The molecule has 0 spiro atoms. The van der Waals surface area contributed by atoms with Gasteiger partial charge < -0.3 is 14.2 Å². The summed E-state index contributed by atoms with van der Waals surface area (Å²) in [6, 6.07) is 10.9. The molecule has 0 atom stereocenters. The molecule has 0 aromatic heterocycles. The molecule has 29 heavy (non-hydrogen) atoms. The van der Waals surface area contributed by atoms with Gasteiger partial charge in [0.1, 0.15) is 11.5 Å². The van der Waals surface area contributed by atoms with E-state index in [2.05, 4.69) is 0 Å². The third-order valence-electron chi connectivity index (χ3n) is 5.63. The average molecular weight is 396 g/mol. The van der Waals surface area contributed by atoms with Crippen LogP contribution in [0, 0.1) is 6.92 Å². The van der Waals surface area contributed by atoms with E-state index in [0.717, 1.165) is 5.56 Å². The van der Waals surface area contributed by atoms with Crippen LogP contribution in [0.4, 0.5) is 0 Å². The van der Waals surface area contributed by atoms with E-state index in [4.69, 9.17) is 14.2 Å². The summed E-state index contributed by atoms with van der Waals surface area (Å²) in [6.07, 6.45) is 6.30.